The highest BCUT2D eigenvalue weighted by Crippen LogP contribution is 2.59. The van der Waals surface area contributed by atoms with Gasteiger partial charge in [0.05, 0.1) is 18.2 Å². The predicted molar refractivity (Wildman–Crippen MR) is 199 cm³/mol. The third-order valence-corrected chi connectivity index (χ3v) is 12.8. The number of hydrogen-bond donors (Lipinski definition) is 3. The smallest absolute Gasteiger partial charge is 0.321 e. The van der Waals surface area contributed by atoms with Crippen molar-refractivity contribution in [3.05, 3.63) is 99.3 Å². The summed E-state index contributed by atoms with van der Waals surface area (Å²) in [4.78, 5) is 31.3. The van der Waals surface area contributed by atoms with Crippen LogP contribution in [0.5, 0.6) is 0 Å². The van der Waals surface area contributed by atoms with Crippen LogP contribution in [0.4, 0.5) is 10.5 Å². The Hall–Kier alpha value is -3.26. The second-order valence-electron chi connectivity index (χ2n) is 15.2. The van der Waals surface area contributed by atoms with Gasteiger partial charge in [-0.3, -0.25) is 4.79 Å². The van der Waals surface area contributed by atoms with E-state index in [-0.39, 0.29) is 30.2 Å². The highest BCUT2D eigenvalue weighted by molar-refractivity contribution is 7.09. The van der Waals surface area contributed by atoms with Crippen molar-refractivity contribution < 1.29 is 19.8 Å². The zero-order valence-electron chi connectivity index (χ0n) is 29.3. The molecule has 0 radical (unpaired) electrons. The van der Waals surface area contributed by atoms with Crippen molar-refractivity contribution in [3.63, 3.8) is 0 Å². The van der Waals surface area contributed by atoms with Crippen LogP contribution < -0.4 is 5.32 Å². The number of allylic oxidation sites excluding steroid dienone is 2. The largest absolute Gasteiger partial charge is 0.393 e. The molecule has 2 amide bonds. The Morgan fingerprint density at radius 3 is 2.53 bits per heavy atom. The summed E-state index contributed by atoms with van der Waals surface area (Å²) in [6, 6.07) is 19.7. The van der Waals surface area contributed by atoms with E-state index in [1.54, 1.807) is 11.3 Å². The van der Waals surface area contributed by atoms with Crippen LogP contribution in [0.2, 0.25) is 0 Å². The van der Waals surface area contributed by atoms with E-state index in [0.29, 0.717) is 32.2 Å². The highest BCUT2D eigenvalue weighted by atomic mass is 32.1. The zero-order chi connectivity index (χ0) is 34.4. The number of Topliss-reactive ketones (excluding diaryl/α,β-unsaturated/α-hetero) is 1. The van der Waals surface area contributed by atoms with Gasteiger partial charge in [-0.1, -0.05) is 74.2 Å². The number of carbonyl (C=O) groups is 2. The maximum atomic E-state index is 14.4. The number of benzene rings is 2. The topological polar surface area (TPSA) is 89.9 Å². The molecule has 2 fully saturated rings. The van der Waals surface area contributed by atoms with E-state index in [4.69, 9.17) is 0 Å². The molecular weight excluding hydrogens is 629 g/mol. The number of nitrogens with one attached hydrogen (secondary N) is 1. The first-order valence-electron chi connectivity index (χ1n) is 18.5. The number of urea groups is 1. The molecule has 262 valence electrons. The number of rotatable bonds is 8. The monoisotopic (exact) mass is 682 g/mol. The van der Waals surface area contributed by atoms with Gasteiger partial charge in [0.2, 0.25) is 0 Å². The molecule has 4 atom stereocenters. The number of aliphatic hydroxyl groups is 2. The predicted octanol–water partition coefficient (Wildman–Crippen LogP) is 9.33. The minimum Gasteiger partial charge on any atom is -0.393 e. The normalized spacial score (nSPS) is 26.4. The van der Waals surface area contributed by atoms with E-state index < -0.39 is 17.1 Å². The van der Waals surface area contributed by atoms with Crippen LogP contribution in [0.15, 0.2) is 77.7 Å². The van der Waals surface area contributed by atoms with Gasteiger partial charge in [-0.25, -0.2) is 4.79 Å². The number of fused-ring (bicyclic) bond motifs is 8. The zero-order valence-corrected chi connectivity index (χ0v) is 30.1. The third-order valence-electron chi connectivity index (χ3n) is 11.9. The number of aliphatic hydroxyl groups excluding tert-OH is 1. The van der Waals surface area contributed by atoms with Gasteiger partial charge in [-0.2, -0.15) is 0 Å². The summed E-state index contributed by atoms with van der Waals surface area (Å²) in [6.45, 7) is 5.04. The van der Waals surface area contributed by atoms with Crippen LogP contribution in [0.1, 0.15) is 117 Å². The fraction of sp³-hybridized carbons (Fsp3) is 0.524. The number of carbonyl (C=O) groups excluding carboxylic acids is 2. The lowest BCUT2D eigenvalue weighted by atomic mass is 9.64. The first-order chi connectivity index (χ1) is 23.6. The van der Waals surface area contributed by atoms with Crippen molar-refractivity contribution in [1.82, 2.24) is 4.90 Å². The van der Waals surface area contributed by atoms with E-state index in [2.05, 4.69) is 54.9 Å². The van der Waals surface area contributed by atoms with E-state index in [1.807, 2.05) is 41.3 Å². The molecule has 4 unspecified atom stereocenters. The standard InChI is InChI=1S/C42H54N2O4S/c1-30-11-9-23-41(2)38(36-20-18-31(27-34(45)19-17-30)28-37(36)39(46)32-12-5-3-6-13-32)21-24-42(41,48)29-44(25-22-35-16-10-26-49-35)40(47)43-33-14-7-4-8-15-33/h4,7-8,10-11,14-16,18,20,26,28,32,34,38,45,48H,3,5-6,9,12-13,17,19,21-25,27,29H2,1-2H3,(H,43,47). The molecule has 1 aromatic heterocycles. The van der Waals surface area contributed by atoms with Crippen LogP contribution in [0.25, 0.3) is 0 Å². The van der Waals surface area contributed by atoms with E-state index in [0.717, 1.165) is 73.7 Å². The third kappa shape index (κ3) is 8.22. The summed E-state index contributed by atoms with van der Waals surface area (Å²) in [6.07, 6.45) is 12.5. The Bertz CT molecular complexity index is 1600. The van der Waals surface area contributed by atoms with Crippen molar-refractivity contribution in [2.45, 2.75) is 115 Å². The van der Waals surface area contributed by atoms with Crippen molar-refractivity contribution in [3.8, 4) is 0 Å². The second-order valence-corrected chi connectivity index (χ2v) is 16.2. The van der Waals surface area contributed by atoms with Gasteiger partial charge in [0.1, 0.15) is 0 Å². The number of ketones is 1. The minimum atomic E-state index is -1.17. The number of thiophene rings is 1. The molecule has 0 aliphatic heterocycles. The summed E-state index contributed by atoms with van der Waals surface area (Å²) >= 11 is 1.68. The molecule has 1 heterocycles. The SMILES string of the molecule is CC1=CCCC2(C)C(CCC2(O)CN(CCc2cccs2)C(=O)Nc2ccccc2)c2ccc(cc2C(=O)C2CCCCC2)CC(O)CC1. The summed E-state index contributed by atoms with van der Waals surface area (Å²) in [7, 11) is 0. The average Bonchev–Trinajstić information content (AvgIpc) is 3.72. The van der Waals surface area contributed by atoms with Crippen LogP contribution in [0.3, 0.4) is 0 Å². The Morgan fingerprint density at radius 2 is 1.78 bits per heavy atom. The van der Waals surface area contributed by atoms with Crippen molar-refractivity contribution in [1.29, 1.82) is 0 Å². The molecule has 4 aliphatic rings. The van der Waals surface area contributed by atoms with Gasteiger partial charge < -0.3 is 20.4 Å². The summed E-state index contributed by atoms with van der Waals surface area (Å²) in [5.41, 5.74) is 3.04. The van der Waals surface area contributed by atoms with Gasteiger partial charge in [0, 0.05) is 34.0 Å². The number of amides is 2. The maximum Gasteiger partial charge on any atom is 0.321 e. The molecule has 2 bridgehead atoms. The first kappa shape index (κ1) is 35.6. The molecule has 7 rings (SSSR count). The van der Waals surface area contributed by atoms with Crippen molar-refractivity contribution in [2.24, 2.45) is 11.3 Å². The Labute approximate surface area is 296 Å². The van der Waals surface area contributed by atoms with Crippen LogP contribution in [-0.4, -0.2) is 51.7 Å². The number of anilines is 1. The van der Waals surface area contributed by atoms with Crippen molar-refractivity contribution >= 4 is 28.8 Å². The average molecular weight is 683 g/mol. The molecule has 2 saturated carbocycles. The molecule has 3 aromatic rings. The van der Waals surface area contributed by atoms with Gasteiger partial charge in [0.25, 0.3) is 0 Å². The fourth-order valence-corrected chi connectivity index (χ4v) is 9.49. The van der Waals surface area contributed by atoms with E-state index in [1.165, 1.54) is 16.9 Å². The minimum absolute atomic E-state index is 0.0260. The quantitative estimate of drug-likeness (QED) is 0.163. The van der Waals surface area contributed by atoms with Crippen LogP contribution in [-0.2, 0) is 12.8 Å². The Morgan fingerprint density at radius 1 is 0.980 bits per heavy atom. The van der Waals surface area contributed by atoms with Gasteiger partial charge in [-0.05, 0) is 118 Å². The van der Waals surface area contributed by atoms with E-state index >= 15 is 0 Å². The molecule has 7 heteroatoms. The molecule has 3 N–H and O–H groups in total. The second kappa shape index (κ2) is 15.7. The fourth-order valence-electron chi connectivity index (χ4n) is 8.79. The molecule has 6 nitrogen and oxygen atoms in total. The lowest BCUT2D eigenvalue weighted by Gasteiger charge is -2.46. The van der Waals surface area contributed by atoms with Gasteiger partial charge >= 0.3 is 6.03 Å². The number of hydrogen-bond acceptors (Lipinski definition) is 5. The molecule has 49 heavy (non-hydrogen) atoms. The Balaban J connectivity index is 1.37. The summed E-state index contributed by atoms with van der Waals surface area (Å²) in [5, 5.41) is 29.1. The highest BCUT2D eigenvalue weighted by Gasteiger charge is 2.57. The van der Waals surface area contributed by atoms with Crippen LogP contribution >= 0.6 is 11.3 Å². The molecule has 0 spiro atoms. The summed E-state index contributed by atoms with van der Waals surface area (Å²) < 4.78 is 0. The van der Waals surface area contributed by atoms with Gasteiger partial charge in [-0.15, -0.1) is 11.3 Å². The first-order valence-corrected chi connectivity index (χ1v) is 19.4. The molecule has 0 saturated heterocycles. The summed E-state index contributed by atoms with van der Waals surface area (Å²) in [5.74, 6) is 0.205. The lowest BCUT2D eigenvalue weighted by molar-refractivity contribution is -0.0762. The van der Waals surface area contributed by atoms with E-state index in [9.17, 15) is 19.8 Å². The molecular formula is C42H54N2O4S. The van der Waals surface area contributed by atoms with Crippen molar-refractivity contribution in [2.75, 3.05) is 18.4 Å². The molecule has 4 aliphatic carbocycles. The van der Waals surface area contributed by atoms with Crippen LogP contribution in [0, 0.1) is 11.3 Å². The van der Waals surface area contributed by atoms with Gasteiger partial charge in [0.15, 0.2) is 5.78 Å². The number of para-hydroxylation sites is 1. The lowest BCUT2D eigenvalue weighted by Crippen LogP contribution is -2.54. The maximum absolute atomic E-state index is 14.4. The molecule has 2 aromatic carbocycles. The number of nitrogens with zero attached hydrogens (tertiary/aromatic N) is 1. The Kier molecular flexibility index (Phi) is 11.4.